The Morgan fingerprint density at radius 2 is 2.45 bits per heavy atom. The monoisotopic (exact) mass is 153 g/mol. The molecule has 62 valence electrons. The van der Waals surface area contributed by atoms with Crippen LogP contribution in [0.15, 0.2) is 23.9 Å². The van der Waals surface area contributed by atoms with Crippen LogP contribution in [0.25, 0.3) is 0 Å². The molecule has 1 aliphatic rings. The van der Waals surface area contributed by atoms with E-state index in [0.717, 1.165) is 13.0 Å². The third-order valence-electron chi connectivity index (χ3n) is 1.51. The quantitative estimate of drug-likeness (QED) is 0.667. The van der Waals surface area contributed by atoms with E-state index in [2.05, 4.69) is 25.2 Å². The molecule has 11 heavy (non-hydrogen) atoms. The standard InChI is InChI=1S/C9H15NO/c1-3-6-11-9-5-4-8(2)7-10-9/h4-5,7,9-10H,3,6H2,1-2H3. The van der Waals surface area contributed by atoms with Gasteiger partial charge in [0.15, 0.2) is 0 Å². The first kappa shape index (κ1) is 8.34. The van der Waals surface area contributed by atoms with Gasteiger partial charge in [0.25, 0.3) is 0 Å². The zero-order chi connectivity index (χ0) is 8.10. The van der Waals surface area contributed by atoms with Gasteiger partial charge < -0.3 is 10.1 Å². The molecular weight excluding hydrogens is 138 g/mol. The Bertz CT molecular complexity index is 172. The molecule has 0 aromatic carbocycles. The molecule has 1 unspecified atom stereocenters. The topological polar surface area (TPSA) is 21.3 Å². The maximum atomic E-state index is 5.44. The average Bonchev–Trinajstić information content (AvgIpc) is 2.04. The predicted molar refractivity (Wildman–Crippen MR) is 46.1 cm³/mol. The van der Waals surface area contributed by atoms with Gasteiger partial charge in [-0.15, -0.1) is 0 Å². The minimum atomic E-state index is 0.0821. The first-order valence-corrected chi connectivity index (χ1v) is 4.05. The van der Waals surface area contributed by atoms with Crippen molar-refractivity contribution in [2.45, 2.75) is 26.5 Å². The van der Waals surface area contributed by atoms with Crippen molar-refractivity contribution < 1.29 is 4.74 Å². The average molecular weight is 153 g/mol. The number of hydrogen-bond acceptors (Lipinski definition) is 2. The lowest BCUT2D eigenvalue weighted by Gasteiger charge is -2.17. The Morgan fingerprint density at radius 1 is 1.64 bits per heavy atom. The molecule has 1 rings (SSSR count). The van der Waals surface area contributed by atoms with Crippen LogP contribution in [0.2, 0.25) is 0 Å². The normalized spacial score (nSPS) is 22.7. The van der Waals surface area contributed by atoms with Crippen LogP contribution in [-0.2, 0) is 4.74 Å². The summed E-state index contributed by atoms with van der Waals surface area (Å²) < 4.78 is 5.44. The van der Waals surface area contributed by atoms with Gasteiger partial charge in [0.1, 0.15) is 6.23 Å². The summed E-state index contributed by atoms with van der Waals surface area (Å²) in [5, 5.41) is 3.13. The van der Waals surface area contributed by atoms with Gasteiger partial charge in [-0.3, -0.25) is 0 Å². The van der Waals surface area contributed by atoms with E-state index in [1.807, 2.05) is 12.3 Å². The molecule has 0 aliphatic carbocycles. The third-order valence-corrected chi connectivity index (χ3v) is 1.51. The second kappa shape index (κ2) is 4.19. The molecule has 0 aromatic rings. The fraction of sp³-hybridized carbons (Fsp3) is 0.556. The Morgan fingerprint density at radius 3 is 3.00 bits per heavy atom. The minimum absolute atomic E-state index is 0.0821. The third kappa shape index (κ3) is 2.76. The zero-order valence-electron chi connectivity index (χ0n) is 7.13. The predicted octanol–water partition coefficient (Wildman–Crippen LogP) is 1.80. The Kier molecular flexibility index (Phi) is 3.17. The number of rotatable bonds is 3. The van der Waals surface area contributed by atoms with E-state index in [-0.39, 0.29) is 6.23 Å². The fourth-order valence-electron chi connectivity index (χ4n) is 0.905. The van der Waals surface area contributed by atoms with Gasteiger partial charge in [0.05, 0.1) is 0 Å². The second-order valence-electron chi connectivity index (χ2n) is 2.71. The number of dihydropyridines is 1. The van der Waals surface area contributed by atoms with Crippen LogP contribution in [0.5, 0.6) is 0 Å². The van der Waals surface area contributed by atoms with Crippen molar-refractivity contribution in [1.29, 1.82) is 0 Å². The second-order valence-corrected chi connectivity index (χ2v) is 2.71. The van der Waals surface area contributed by atoms with Crippen molar-refractivity contribution in [1.82, 2.24) is 5.32 Å². The van der Waals surface area contributed by atoms with Crippen molar-refractivity contribution in [2.75, 3.05) is 6.61 Å². The van der Waals surface area contributed by atoms with Crippen LogP contribution in [0.3, 0.4) is 0 Å². The molecule has 0 bridgehead atoms. The largest absolute Gasteiger partial charge is 0.363 e. The fourth-order valence-corrected chi connectivity index (χ4v) is 0.905. The van der Waals surface area contributed by atoms with Crippen LogP contribution in [-0.4, -0.2) is 12.8 Å². The summed E-state index contributed by atoms with van der Waals surface area (Å²) >= 11 is 0. The summed E-state index contributed by atoms with van der Waals surface area (Å²) in [6.07, 6.45) is 7.22. The van der Waals surface area contributed by atoms with Crippen LogP contribution >= 0.6 is 0 Å². The highest BCUT2D eigenvalue weighted by atomic mass is 16.5. The summed E-state index contributed by atoms with van der Waals surface area (Å²) in [6.45, 7) is 4.97. The highest BCUT2D eigenvalue weighted by Crippen LogP contribution is 2.03. The molecule has 1 atom stereocenters. The number of ether oxygens (including phenoxy) is 1. The van der Waals surface area contributed by atoms with Crippen molar-refractivity contribution in [2.24, 2.45) is 0 Å². The van der Waals surface area contributed by atoms with E-state index in [4.69, 9.17) is 4.74 Å². The summed E-state index contributed by atoms with van der Waals surface area (Å²) in [5.41, 5.74) is 1.24. The first-order valence-electron chi connectivity index (χ1n) is 4.05. The molecule has 1 heterocycles. The van der Waals surface area contributed by atoms with Crippen molar-refractivity contribution in [3.05, 3.63) is 23.9 Å². The summed E-state index contributed by atoms with van der Waals surface area (Å²) in [7, 11) is 0. The number of hydrogen-bond donors (Lipinski definition) is 1. The van der Waals surface area contributed by atoms with E-state index in [1.54, 1.807) is 0 Å². The van der Waals surface area contributed by atoms with Crippen molar-refractivity contribution in [3.8, 4) is 0 Å². The Balaban J connectivity index is 2.25. The maximum Gasteiger partial charge on any atom is 0.146 e. The van der Waals surface area contributed by atoms with Crippen LogP contribution in [0.1, 0.15) is 20.3 Å². The molecule has 2 heteroatoms. The number of allylic oxidation sites excluding steroid dienone is 2. The minimum Gasteiger partial charge on any atom is -0.363 e. The van der Waals surface area contributed by atoms with Gasteiger partial charge in [-0.1, -0.05) is 13.0 Å². The van der Waals surface area contributed by atoms with E-state index in [1.165, 1.54) is 5.57 Å². The van der Waals surface area contributed by atoms with E-state index >= 15 is 0 Å². The molecule has 1 aliphatic heterocycles. The zero-order valence-corrected chi connectivity index (χ0v) is 7.13. The highest BCUT2D eigenvalue weighted by Gasteiger charge is 2.03. The van der Waals surface area contributed by atoms with Crippen LogP contribution in [0, 0.1) is 0 Å². The van der Waals surface area contributed by atoms with Gasteiger partial charge in [-0.25, -0.2) is 0 Å². The Hall–Kier alpha value is -0.760. The summed E-state index contributed by atoms with van der Waals surface area (Å²) in [5.74, 6) is 0. The molecule has 2 nitrogen and oxygen atoms in total. The van der Waals surface area contributed by atoms with E-state index < -0.39 is 0 Å². The van der Waals surface area contributed by atoms with E-state index in [9.17, 15) is 0 Å². The van der Waals surface area contributed by atoms with Gasteiger partial charge in [0, 0.05) is 12.8 Å². The molecule has 1 N–H and O–H groups in total. The lowest BCUT2D eigenvalue weighted by atomic mass is 10.2. The molecule has 0 aromatic heterocycles. The summed E-state index contributed by atoms with van der Waals surface area (Å²) in [4.78, 5) is 0. The van der Waals surface area contributed by atoms with Crippen LogP contribution < -0.4 is 5.32 Å². The molecule has 0 saturated carbocycles. The van der Waals surface area contributed by atoms with Crippen molar-refractivity contribution in [3.63, 3.8) is 0 Å². The first-order chi connectivity index (χ1) is 5.33. The summed E-state index contributed by atoms with van der Waals surface area (Å²) in [6, 6.07) is 0. The lowest BCUT2D eigenvalue weighted by molar-refractivity contribution is 0.0712. The van der Waals surface area contributed by atoms with Crippen molar-refractivity contribution >= 4 is 0 Å². The molecule has 0 saturated heterocycles. The smallest absolute Gasteiger partial charge is 0.146 e. The molecule has 0 radical (unpaired) electrons. The van der Waals surface area contributed by atoms with Gasteiger partial charge in [-0.2, -0.15) is 0 Å². The molecular formula is C9H15NO. The van der Waals surface area contributed by atoms with Gasteiger partial charge in [-0.05, 0) is 25.0 Å². The van der Waals surface area contributed by atoms with E-state index in [0.29, 0.717) is 0 Å². The maximum absolute atomic E-state index is 5.44. The number of nitrogens with one attached hydrogen (secondary N) is 1. The molecule has 0 fully saturated rings. The van der Waals surface area contributed by atoms with Gasteiger partial charge in [0.2, 0.25) is 0 Å². The SMILES string of the molecule is CCCOC1C=CC(C)=CN1. The van der Waals surface area contributed by atoms with Gasteiger partial charge >= 0.3 is 0 Å². The van der Waals surface area contributed by atoms with Crippen LogP contribution in [0.4, 0.5) is 0 Å². The molecule has 0 amide bonds. The highest BCUT2D eigenvalue weighted by molar-refractivity contribution is 5.20. The molecule has 0 spiro atoms. The lowest BCUT2D eigenvalue weighted by Crippen LogP contribution is -2.27. The Labute approximate surface area is 67.9 Å².